The molecule has 32 heavy (non-hydrogen) atoms. The number of hydrogen-bond acceptors (Lipinski definition) is 3. The SMILES string of the molecule is CCCC[C@@H](C)CC[C@H]1OC(=O)C(C)(C)[Si](c2ccccc2)(c2ccccc2)OCC1C. The van der Waals surface area contributed by atoms with Gasteiger partial charge in [-0.3, -0.25) is 4.79 Å². The standard InChI is InChI=1S/C28H40O3Si/c1-6-7-14-22(2)19-20-26-23(3)21-30-32(24-15-10-8-11-16-24,25-17-12-9-13-18-25)28(4,5)27(29)31-26/h8-13,15-18,22-23,26H,6-7,14,19-21H2,1-5H3/t22-,23?,26-/m1/s1. The van der Waals surface area contributed by atoms with Crippen LogP contribution in [-0.2, 0) is 14.0 Å². The Morgan fingerprint density at radius 1 is 1.00 bits per heavy atom. The van der Waals surface area contributed by atoms with Crippen LogP contribution in [-0.4, -0.2) is 27.0 Å². The van der Waals surface area contributed by atoms with Crippen LogP contribution in [0.25, 0.3) is 0 Å². The molecule has 3 atom stereocenters. The van der Waals surface area contributed by atoms with Gasteiger partial charge < -0.3 is 9.16 Å². The second-order valence-corrected chi connectivity index (χ2v) is 14.2. The second kappa shape index (κ2) is 10.8. The van der Waals surface area contributed by atoms with Crippen molar-refractivity contribution in [3.8, 4) is 0 Å². The van der Waals surface area contributed by atoms with E-state index < -0.39 is 13.4 Å². The molecule has 0 aromatic heterocycles. The molecule has 2 aromatic rings. The third-order valence-electron chi connectivity index (χ3n) is 7.20. The largest absolute Gasteiger partial charge is 0.462 e. The molecule has 1 unspecified atom stereocenters. The third kappa shape index (κ3) is 5.02. The van der Waals surface area contributed by atoms with E-state index in [0.29, 0.717) is 12.5 Å². The van der Waals surface area contributed by atoms with Crippen LogP contribution in [0.3, 0.4) is 0 Å². The smallest absolute Gasteiger partial charge is 0.312 e. The van der Waals surface area contributed by atoms with Crippen LogP contribution in [0, 0.1) is 11.8 Å². The fourth-order valence-electron chi connectivity index (χ4n) is 4.98. The van der Waals surface area contributed by atoms with Gasteiger partial charge in [0.1, 0.15) is 6.10 Å². The van der Waals surface area contributed by atoms with Gasteiger partial charge in [0.25, 0.3) is 8.32 Å². The number of esters is 1. The van der Waals surface area contributed by atoms with Crippen molar-refractivity contribution in [2.24, 2.45) is 11.8 Å². The predicted molar refractivity (Wildman–Crippen MR) is 135 cm³/mol. The Morgan fingerprint density at radius 3 is 2.09 bits per heavy atom. The molecule has 4 heteroatoms. The van der Waals surface area contributed by atoms with Crippen LogP contribution in [0.4, 0.5) is 0 Å². The lowest BCUT2D eigenvalue weighted by Crippen LogP contribution is -2.70. The molecule has 0 N–H and O–H groups in total. The molecule has 0 saturated carbocycles. The number of benzene rings is 2. The van der Waals surface area contributed by atoms with Crippen molar-refractivity contribution in [2.45, 2.75) is 77.9 Å². The first-order valence-corrected chi connectivity index (χ1v) is 14.2. The normalized spacial score (nSPS) is 23.6. The quantitative estimate of drug-likeness (QED) is 0.380. The molecule has 0 bridgehead atoms. The summed E-state index contributed by atoms with van der Waals surface area (Å²) in [5.74, 6) is 0.685. The summed E-state index contributed by atoms with van der Waals surface area (Å²) in [5, 5.41) is 1.47. The Bertz CT molecular complexity index is 810. The Morgan fingerprint density at radius 2 is 1.56 bits per heavy atom. The van der Waals surface area contributed by atoms with Gasteiger partial charge in [-0.05, 0) is 43.0 Å². The van der Waals surface area contributed by atoms with E-state index in [1.807, 2.05) is 50.2 Å². The van der Waals surface area contributed by atoms with Crippen LogP contribution in [0.2, 0.25) is 5.04 Å². The fourth-order valence-corrected chi connectivity index (χ4v) is 9.63. The van der Waals surface area contributed by atoms with Gasteiger partial charge in [0.15, 0.2) is 0 Å². The van der Waals surface area contributed by atoms with Gasteiger partial charge in [-0.1, -0.05) is 101 Å². The van der Waals surface area contributed by atoms with Crippen LogP contribution in [0.15, 0.2) is 60.7 Å². The van der Waals surface area contributed by atoms with Gasteiger partial charge in [-0.2, -0.15) is 0 Å². The van der Waals surface area contributed by atoms with E-state index in [4.69, 9.17) is 9.16 Å². The molecule has 1 aliphatic rings. The van der Waals surface area contributed by atoms with E-state index in [0.717, 1.165) is 23.2 Å². The molecule has 2 aromatic carbocycles. The van der Waals surface area contributed by atoms with E-state index in [-0.39, 0.29) is 18.0 Å². The Labute approximate surface area is 195 Å². The summed E-state index contributed by atoms with van der Waals surface area (Å²) in [6, 6.07) is 20.7. The number of carbonyl (C=O) groups excluding carboxylic acids is 1. The Hall–Kier alpha value is -1.91. The maximum Gasteiger partial charge on any atom is 0.312 e. The monoisotopic (exact) mass is 452 g/mol. The van der Waals surface area contributed by atoms with Gasteiger partial charge in [-0.15, -0.1) is 0 Å². The molecule has 0 radical (unpaired) electrons. The van der Waals surface area contributed by atoms with Crippen LogP contribution in [0.5, 0.6) is 0 Å². The van der Waals surface area contributed by atoms with E-state index in [1.54, 1.807) is 0 Å². The van der Waals surface area contributed by atoms with Gasteiger partial charge in [0.2, 0.25) is 0 Å². The third-order valence-corrected chi connectivity index (χ3v) is 12.1. The summed E-state index contributed by atoms with van der Waals surface area (Å²) in [5.41, 5.74) is 0. The average molecular weight is 453 g/mol. The van der Waals surface area contributed by atoms with Crippen molar-refractivity contribution in [1.29, 1.82) is 0 Å². The lowest BCUT2D eigenvalue weighted by atomic mass is 9.93. The van der Waals surface area contributed by atoms with Crippen LogP contribution < -0.4 is 10.4 Å². The van der Waals surface area contributed by atoms with Crippen LogP contribution in [0.1, 0.15) is 66.7 Å². The van der Waals surface area contributed by atoms with Crippen molar-refractivity contribution in [3.63, 3.8) is 0 Å². The van der Waals surface area contributed by atoms with Crippen molar-refractivity contribution in [3.05, 3.63) is 60.7 Å². The van der Waals surface area contributed by atoms with Crippen LogP contribution >= 0.6 is 0 Å². The number of cyclic esters (lactones) is 1. The number of ether oxygens (including phenoxy) is 1. The number of rotatable bonds is 8. The maximum absolute atomic E-state index is 13.8. The zero-order valence-corrected chi connectivity index (χ0v) is 21.5. The summed E-state index contributed by atoms with van der Waals surface area (Å²) in [6.45, 7) is 11.4. The second-order valence-electron chi connectivity index (χ2n) is 10.1. The molecule has 0 aliphatic carbocycles. The molecular weight excluding hydrogens is 412 g/mol. The Kier molecular flexibility index (Phi) is 8.35. The first-order valence-electron chi connectivity index (χ1n) is 12.3. The lowest BCUT2D eigenvalue weighted by Gasteiger charge is -2.46. The summed E-state index contributed by atoms with van der Waals surface area (Å²) in [4.78, 5) is 13.8. The predicted octanol–water partition coefficient (Wildman–Crippen LogP) is 5.71. The number of carbonyl (C=O) groups is 1. The van der Waals surface area contributed by atoms with Gasteiger partial charge in [0.05, 0.1) is 5.04 Å². The van der Waals surface area contributed by atoms with Crippen molar-refractivity contribution >= 4 is 24.7 Å². The van der Waals surface area contributed by atoms with E-state index in [1.165, 1.54) is 19.3 Å². The lowest BCUT2D eigenvalue weighted by molar-refractivity contribution is -0.158. The molecule has 0 amide bonds. The van der Waals surface area contributed by atoms with E-state index in [2.05, 4.69) is 45.0 Å². The first kappa shape index (κ1) is 24.7. The first-order chi connectivity index (χ1) is 15.3. The number of hydrogen-bond donors (Lipinski definition) is 0. The highest BCUT2D eigenvalue weighted by Crippen LogP contribution is 2.42. The molecule has 3 nitrogen and oxygen atoms in total. The molecule has 0 spiro atoms. The zero-order valence-electron chi connectivity index (χ0n) is 20.5. The van der Waals surface area contributed by atoms with E-state index in [9.17, 15) is 4.79 Å². The minimum absolute atomic E-state index is 0.0931. The highest BCUT2D eigenvalue weighted by Gasteiger charge is 2.59. The Balaban J connectivity index is 1.94. The van der Waals surface area contributed by atoms with Crippen molar-refractivity contribution in [2.75, 3.05) is 6.61 Å². The maximum atomic E-state index is 13.8. The van der Waals surface area contributed by atoms with Gasteiger partial charge in [0, 0.05) is 12.5 Å². The highest BCUT2D eigenvalue weighted by molar-refractivity contribution is 7.01. The summed E-state index contributed by atoms with van der Waals surface area (Å²) < 4.78 is 13.3. The minimum atomic E-state index is -2.92. The fraction of sp³-hybridized carbons (Fsp3) is 0.536. The summed E-state index contributed by atoms with van der Waals surface area (Å²) in [6.07, 6.45) is 5.63. The molecule has 1 aliphatic heterocycles. The summed E-state index contributed by atoms with van der Waals surface area (Å²) >= 11 is 0. The molecule has 1 saturated heterocycles. The topological polar surface area (TPSA) is 35.5 Å². The molecule has 174 valence electrons. The molecule has 3 rings (SSSR count). The molecular formula is C28H40O3Si. The number of unbranched alkanes of at least 4 members (excludes halogenated alkanes) is 1. The van der Waals surface area contributed by atoms with Gasteiger partial charge >= 0.3 is 5.97 Å². The van der Waals surface area contributed by atoms with E-state index >= 15 is 0 Å². The molecule has 1 fully saturated rings. The van der Waals surface area contributed by atoms with Crippen molar-refractivity contribution < 1.29 is 14.0 Å². The molecule has 1 heterocycles. The van der Waals surface area contributed by atoms with Gasteiger partial charge in [-0.25, -0.2) is 0 Å². The van der Waals surface area contributed by atoms with Crippen molar-refractivity contribution in [1.82, 2.24) is 0 Å². The highest BCUT2D eigenvalue weighted by atomic mass is 28.4. The minimum Gasteiger partial charge on any atom is -0.462 e. The zero-order chi connectivity index (χ0) is 23.2. The summed E-state index contributed by atoms with van der Waals surface area (Å²) in [7, 11) is -2.92. The average Bonchev–Trinajstić information content (AvgIpc) is 2.81.